The van der Waals surface area contributed by atoms with Gasteiger partial charge >= 0.3 is 5.97 Å². The van der Waals surface area contributed by atoms with Gasteiger partial charge in [0.05, 0.1) is 12.7 Å². The van der Waals surface area contributed by atoms with E-state index < -0.39 is 11.5 Å². The van der Waals surface area contributed by atoms with Gasteiger partial charge in [0.15, 0.2) is 0 Å². The number of benzene rings is 1. The fourth-order valence-corrected chi connectivity index (χ4v) is 2.22. The van der Waals surface area contributed by atoms with Crippen LogP contribution in [0.15, 0.2) is 30.3 Å². The lowest BCUT2D eigenvalue weighted by Gasteiger charge is -2.27. The summed E-state index contributed by atoms with van der Waals surface area (Å²) in [7, 11) is 0. The molecule has 0 radical (unpaired) electrons. The summed E-state index contributed by atoms with van der Waals surface area (Å²) >= 11 is 0. The van der Waals surface area contributed by atoms with Crippen LogP contribution in [0, 0.1) is 5.41 Å². The van der Waals surface area contributed by atoms with E-state index in [0.717, 1.165) is 5.56 Å². The van der Waals surface area contributed by atoms with Gasteiger partial charge in [0.25, 0.3) is 0 Å². The van der Waals surface area contributed by atoms with Gasteiger partial charge < -0.3 is 9.84 Å². The Bertz CT molecular complexity index is 372. The highest BCUT2D eigenvalue weighted by molar-refractivity contribution is 5.79. The number of carbonyl (C=O) groups excluding carboxylic acids is 1. The Morgan fingerprint density at radius 1 is 1.44 bits per heavy atom. The Kier molecular flexibility index (Phi) is 2.97. The molecular weight excluding hydrogens is 204 g/mol. The van der Waals surface area contributed by atoms with Crippen LogP contribution < -0.4 is 0 Å². The molecule has 0 saturated carbocycles. The molecule has 2 atom stereocenters. The molecule has 0 aliphatic carbocycles. The number of rotatable bonds is 3. The highest BCUT2D eigenvalue weighted by atomic mass is 16.5. The molecule has 1 aliphatic heterocycles. The first-order valence-electron chi connectivity index (χ1n) is 5.54. The molecule has 3 nitrogen and oxygen atoms in total. The van der Waals surface area contributed by atoms with E-state index in [9.17, 15) is 9.90 Å². The Morgan fingerprint density at radius 2 is 2.12 bits per heavy atom. The molecule has 2 rings (SSSR count). The number of aliphatic hydroxyl groups excluding tert-OH is 1. The zero-order valence-electron chi connectivity index (χ0n) is 9.35. The number of aliphatic hydroxyl groups is 1. The van der Waals surface area contributed by atoms with E-state index in [0.29, 0.717) is 19.4 Å². The van der Waals surface area contributed by atoms with Gasteiger partial charge in [0, 0.05) is 6.42 Å². The minimum atomic E-state index is -0.749. The van der Waals surface area contributed by atoms with Crippen molar-refractivity contribution in [1.82, 2.24) is 0 Å². The third-order valence-electron chi connectivity index (χ3n) is 3.35. The quantitative estimate of drug-likeness (QED) is 0.786. The van der Waals surface area contributed by atoms with Crippen molar-refractivity contribution < 1.29 is 14.6 Å². The second kappa shape index (κ2) is 4.26. The first-order valence-corrected chi connectivity index (χ1v) is 5.54. The summed E-state index contributed by atoms with van der Waals surface area (Å²) in [5, 5.41) is 9.83. The zero-order valence-corrected chi connectivity index (χ0v) is 9.35. The van der Waals surface area contributed by atoms with Gasteiger partial charge in [-0.25, -0.2) is 0 Å². The van der Waals surface area contributed by atoms with E-state index in [1.54, 1.807) is 6.92 Å². The predicted molar refractivity (Wildman–Crippen MR) is 59.8 cm³/mol. The molecule has 1 fully saturated rings. The summed E-state index contributed by atoms with van der Waals surface area (Å²) in [5.41, 5.74) is 0.309. The largest absolute Gasteiger partial charge is 0.465 e. The third-order valence-corrected chi connectivity index (χ3v) is 3.35. The Balaban J connectivity index is 2.25. The summed E-state index contributed by atoms with van der Waals surface area (Å²) in [6, 6.07) is 9.74. The van der Waals surface area contributed by atoms with Crippen LogP contribution in [0.2, 0.25) is 0 Å². The number of hydrogen-bond acceptors (Lipinski definition) is 3. The average Bonchev–Trinajstić information content (AvgIpc) is 2.63. The first kappa shape index (κ1) is 11.1. The van der Waals surface area contributed by atoms with E-state index in [2.05, 4.69) is 0 Å². The fourth-order valence-electron chi connectivity index (χ4n) is 2.22. The molecule has 0 unspecified atom stereocenters. The Hall–Kier alpha value is -1.35. The van der Waals surface area contributed by atoms with Crippen LogP contribution in [0.4, 0.5) is 0 Å². The summed E-state index contributed by atoms with van der Waals surface area (Å²) in [6.45, 7) is 2.08. The van der Waals surface area contributed by atoms with Crippen molar-refractivity contribution in [3.8, 4) is 0 Å². The number of ether oxygens (including phenoxy) is 1. The minimum Gasteiger partial charge on any atom is -0.465 e. The number of esters is 1. The van der Waals surface area contributed by atoms with Crippen LogP contribution in [-0.4, -0.2) is 23.8 Å². The predicted octanol–water partition coefficient (Wildman–Crippen LogP) is 1.54. The molecule has 1 saturated heterocycles. The van der Waals surface area contributed by atoms with Crippen LogP contribution in [0.1, 0.15) is 18.9 Å². The number of hydrogen-bond donors (Lipinski definition) is 1. The minimum absolute atomic E-state index is 0.272. The van der Waals surface area contributed by atoms with Gasteiger partial charge in [0.1, 0.15) is 5.41 Å². The molecule has 0 amide bonds. The van der Waals surface area contributed by atoms with Gasteiger partial charge in [-0.3, -0.25) is 4.79 Å². The van der Waals surface area contributed by atoms with E-state index in [4.69, 9.17) is 4.74 Å². The van der Waals surface area contributed by atoms with E-state index >= 15 is 0 Å². The molecule has 0 aromatic heterocycles. The second-order valence-electron chi connectivity index (χ2n) is 4.38. The molecule has 1 aliphatic rings. The van der Waals surface area contributed by atoms with Crippen LogP contribution in [0.5, 0.6) is 0 Å². The van der Waals surface area contributed by atoms with Gasteiger partial charge in [0.2, 0.25) is 0 Å². The van der Waals surface area contributed by atoms with Crippen LogP contribution >= 0.6 is 0 Å². The molecule has 16 heavy (non-hydrogen) atoms. The number of cyclic esters (lactones) is 1. The topological polar surface area (TPSA) is 46.5 Å². The molecule has 1 aromatic rings. The average molecular weight is 220 g/mol. The molecule has 0 bridgehead atoms. The first-order chi connectivity index (χ1) is 7.65. The maximum absolute atomic E-state index is 11.8. The van der Waals surface area contributed by atoms with Crippen molar-refractivity contribution in [2.75, 3.05) is 6.61 Å². The normalized spacial score (nSPS) is 26.5. The third kappa shape index (κ3) is 1.83. The zero-order chi connectivity index (χ0) is 11.6. The summed E-state index contributed by atoms with van der Waals surface area (Å²) in [6.07, 6.45) is 0.464. The Labute approximate surface area is 95.0 Å². The molecule has 3 heteroatoms. The molecular formula is C13H16O3. The summed E-state index contributed by atoms with van der Waals surface area (Å²) in [4.78, 5) is 11.8. The lowest BCUT2D eigenvalue weighted by Crippen LogP contribution is -2.39. The summed E-state index contributed by atoms with van der Waals surface area (Å²) in [5.74, 6) is -0.272. The molecule has 1 aromatic carbocycles. The number of carbonyl (C=O) groups is 1. The maximum atomic E-state index is 11.8. The SMILES string of the molecule is C[C@@H](O)[C@]1(Cc2ccccc2)CCOC1=O. The van der Waals surface area contributed by atoms with Crippen molar-refractivity contribution in [2.24, 2.45) is 5.41 Å². The fraction of sp³-hybridized carbons (Fsp3) is 0.462. The van der Waals surface area contributed by atoms with Gasteiger partial charge in [-0.15, -0.1) is 0 Å². The lowest BCUT2D eigenvalue weighted by atomic mass is 9.76. The van der Waals surface area contributed by atoms with E-state index in [1.165, 1.54) is 0 Å². The second-order valence-corrected chi connectivity index (χ2v) is 4.38. The van der Waals surface area contributed by atoms with Crippen LogP contribution in [0.25, 0.3) is 0 Å². The smallest absolute Gasteiger partial charge is 0.315 e. The van der Waals surface area contributed by atoms with Crippen molar-refractivity contribution in [1.29, 1.82) is 0 Å². The van der Waals surface area contributed by atoms with Gasteiger partial charge in [-0.1, -0.05) is 30.3 Å². The molecule has 0 spiro atoms. The molecule has 86 valence electrons. The van der Waals surface area contributed by atoms with Gasteiger partial charge in [-0.2, -0.15) is 0 Å². The molecule has 1 heterocycles. The van der Waals surface area contributed by atoms with Gasteiger partial charge in [-0.05, 0) is 18.9 Å². The summed E-state index contributed by atoms with van der Waals surface area (Å²) < 4.78 is 5.00. The van der Waals surface area contributed by atoms with E-state index in [1.807, 2.05) is 30.3 Å². The highest BCUT2D eigenvalue weighted by Gasteiger charge is 2.48. The van der Waals surface area contributed by atoms with Crippen LogP contribution in [0.3, 0.4) is 0 Å². The van der Waals surface area contributed by atoms with Crippen molar-refractivity contribution >= 4 is 5.97 Å². The van der Waals surface area contributed by atoms with Crippen molar-refractivity contribution in [3.05, 3.63) is 35.9 Å². The van der Waals surface area contributed by atoms with Crippen LogP contribution in [-0.2, 0) is 16.0 Å². The van der Waals surface area contributed by atoms with E-state index in [-0.39, 0.29) is 5.97 Å². The molecule has 1 N–H and O–H groups in total. The van der Waals surface area contributed by atoms with Crippen molar-refractivity contribution in [3.63, 3.8) is 0 Å². The maximum Gasteiger partial charge on any atom is 0.315 e. The lowest BCUT2D eigenvalue weighted by molar-refractivity contribution is -0.151. The highest BCUT2D eigenvalue weighted by Crippen LogP contribution is 2.37. The van der Waals surface area contributed by atoms with Crippen molar-refractivity contribution in [2.45, 2.75) is 25.9 Å². The Morgan fingerprint density at radius 3 is 2.62 bits per heavy atom. The standard InChI is InChI=1S/C13H16O3/c1-10(14)13(7-8-16-12(13)15)9-11-5-3-2-4-6-11/h2-6,10,14H,7-9H2,1H3/t10-,13-/m1/s1. The monoisotopic (exact) mass is 220 g/mol.